The summed E-state index contributed by atoms with van der Waals surface area (Å²) in [5, 5.41) is 17.7. The molecule has 0 spiro atoms. The number of nitrogens with zero attached hydrogens (tertiary/aromatic N) is 1. The van der Waals surface area contributed by atoms with Gasteiger partial charge in [-0.1, -0.05) is 40.2 Å². The highest BCUT2D eigenvalue weighted by Gasteiger charge is 2.33. The van der Waals surface area contributed by atoms with Gasteiger partial charge in [-0.15, -0.1) is 0 Å². The Hall–Kier alpha value is -2.93. The number of piperidine rings is 1. The summed E-state index contributed by atoms with van der Waals surface area (Å²) in [7, 11) is 0. The van der Waals surface area contributed by atoms with E-state index in [0.29, 0.717) is 12.5 Å². The fourth-order valence-corrected chi connectivity index (χ4v) is 5.60. The number of nitrogens with one attached hydrogen (secondary N) is 4. The first-order valence-corrected chi connectivity index (χ1v) is 14.3. The fraction of sp³-hybridized carbons (Fsp3) is 0.562. The summed E-state index contributed by atoms with van der Waals surface area (Å²) in [5.41, 5.74) is 2.95. The first-order chi connectivity index (χ1) is 18.4. The Balaban J connectivity index is 1.70. The second kappa shape index (κ2) is 13.4. The predicted octanol–water partition coefficient (Wildman–Crippen LogP) is 7.29. The van der Waals surface area contributed by atoms with Crippen molar-refractivity contribution in [2.24, 2.45) is 11.3 Å². The molecular weight excluding hydrogens is 489 g/mol. The van der Waals surface area contributed by atoms with Crippen LogP contribution < -0.4 is 16.0 Å². The highest BCUT2D eigenvalue weighted by molar-refractivity contribution is 5.87. The largest absolute Gasteiger partial charge is 0.355 e. The SMILES string of the molecule is CC(C)CC(c1ccc(Nc2ccc(F)cc2)c(C=N)c1)C(C)(C)CNC(=O)NC(C)(C)CN1CCCCC1. The summed E-state index contributed by atoms with van der Waals surface area (Å²) in [6, 6.07) is 12.2. The average Bonchev–Trinajstić information content (AvgIpc) is 2.87. The average molecular weight is 538 g/mol. The van der Waals surface area contributed by atoms with E-state index in [9.17, 15) is 9.18 Å². The number of hydrogen-bond donors (Lipinski definition) is 4. The van der Waals surface area contributed by atoms with Gasteiger partial charge >= 0.3 is 6.03 Å². The van der Waals surface area contributed by atoms with E-state index in [-0.39, 0.29) is 28.7 Å². The third kappa shape index (κ3) is 9.34. The Kier molecular flexibility index (Phi) is 10.5. The minimum atomic E-state index is -0.310. The molecule has 0 radical (unpaired) electrons. The van der Waals surface area contributed by atoms with Crippen molar-refractivity contribution < 1.29 is 9.18 Å². The van der Waals surface area contributed by atoms with Gasteiger partial charge in [0.2, 0.25) is 0 Å². The fourth-order valence-electron chi connectivity index (χ4n) is 5.60. The Morgan fingerprint density at radius 3 is 2.33 bits per heavy atom. The first kappa shape index (κ1) is 30.6. The summed E-state index contributed by atoms with van der Waals surface area (Å²) < 4.78 is 13.3. The van der Waals surface area contributed by atoms with Gasteiger partial charge in [0, 0.05) is 41.8 Å². The summed E-state index contributed by atoms with van der Waals surface area (Å²) >= 11 is 0. The maximum absolute atomic E-state index is 13.3. The molecule has 2 aromatic carbocycles. The highest BCUT2D eigenvalue weighted by Crippen LogP contribution is 2.41. The van der Waals surface area contributed by atoms with E-state index in [1.165, 1.54) is 37.6 Å². The molecule has 0 bridgehead atoms. The monoisotopic (exact) mass is 537 g/mol. The second-order valence-corrected chi connectivity index (χ2v) is 12.8. The number of rotatable bonds is 12. The molecule has 0 aliphatic carbocycles. The number of anilines is 2. The van der Waals surface area contributed by atoms with Crippen LogP contribution in [-0.4, -0.2) is 48.9 Å². The number of benzene rings is 2. The third-order valence-corrected chi connectivity index (χ3v) is 7.63. The van der Waals surface area contributed by atoms with Crippen LogP contribution >= 0.6 is 0 Å². The summed E-state index contributed by atoms with van der Waals surface area (Å²) in [5.74, 6) is 0.361. The van der Waals surface area contributed by atoms with Crippen LogP contribution in [0.2, 0.25) is 0 Å². The number of carbonyl (C=O) groups excluding carboxylic acids is 1. The van der Waals surface area contributed by atoms with E-state index in [0.717, 1.165) is 48.6 Å². The Morgan fingerprint density at radius 2 is 1.72 bits per heavy atom. The molecule has 0 aromatic heterocycles. The van der Waals surface area contributed by atoms with Crippen LogP contribution in [0.3, 0.4) is 0 Å². The number of likely N-dealkylation sites (tertiary alicyclic amines) is 1. The van der Waals surface area contributed by atoms with Crippen LogP contribution in [0.15, 0.2) is 42.5 Å². The lowest BCUT2D eigenvalue weighted by Crippen LogP contribution is -2.56. The molecule has 1 fully saturated rings. The lowest BCUT2D eigenvalue weighted by Gasteiger charge is -2.38. The first-order valence-electron chi connectivity index (χ1n) is 14.3. The summed E-state index contributed by atoms with van der Waals surface area (Å²) in [4.78, 5) is 15.4. The van der Waals surface area contributed by atoms with Crippen molar-refractivity contribution in [3.05, 3.63) is 59.4 Å². The molecule has 39 heavy (non-hydrogen) atoms. The van der Waals surface area contributed by atoms with Crippen LogP contribution in [0.1, 0.15) is 84.3 Å². The molecule has 3 rings (SSSR count). The van der Waals surface area contributed by atoms with Crippen LogP contribution in [0.5, 0.6) is 0 Å². The molecule has 1 atom stereocenters. The number of halogens is 1. The molecule has 1 aliphatic heterocycles. The Labute approximate surface area is 234 Å². The van der Waals surface area contributed by atoms with Crippen molar-refractivity contribution in [2.75, 3.05) is 31.5 Å². The quantitative estimate of drug-likeness (QED) is 0.215. The molecular formula is C32H48FN5O. The number of carbonyl (C=O) groups is 1. The Bertz CT molecular complexity index is 1090. The zero-order valence-electron chi connectivity index (χ0n) is 24.7. The molecule has 4 N–H and O–H groups in total. The third-order valence-electron chi connectivity index (χ3n) is 7.63. The van der Waals surface area contributed by atoms with E-state index >= 15 is 0 Å². The normalized spacial score (nSPS) is 15.6. The molecule has 0 saturated carbocycles. The second-order valence-electron chi connectivity index (χ2n) is 12.8. The molecule has 2 aromatic rings. The summed E-state index contributed by atoms with van der Waals surface area (Å²) in [6.07, 6.45) is 6.07. The molecule has 1 aliphatic rings. The molecule has 7 heteroatoms. The lowest BCUT2D eigenvalue weighted by atomic mass is 9.71. The van der Waals surface area contributed by atoms with Gasteiger partial charge in [0.1, 0.15) is 5.82 Å². The van der Waals surface area contributed by atoms with Gasteiger partial charge in [-0.3, -0.25) is 0 Å². The van der Waals surface area contributed by atoms with Crippen LogP contribution in [0, 0.1) is 22.6 Å². The van der Waals surface area contributed by atoms with Crippen molar-refractivity contribution in [1.82, 2.24) is 15.5 Å². The minimum Gasteiger partial charge on any atom is -0.355 e. The van der Waals surface area contributed by atoms with Crippen molar-refractivity contribution in [3.63, 3.8) is 0 Å². The number of urea groups is 1. The molecule has 214 valence electrons. The van der Waals surface area contributed by atoms with Gasteiger partial charge in [0.15, 0.2) is 0 Å². The minimum absolute atomic E-state index is 0.132. The van der Waals surface area contributed by atoms with E-state index < -0.39 is 0 Å². The highest BCUT2D eigenvalue weighted by atomic mass is 19.1. The van der Waals surface area contributed by atoms with Gasteiger partial charge in [-0.25, -0.2) is 9.18 Å². The van der Waals surface area contributed by atoms with Crippen molar-refractivity contribution in [2.45, 2.75) is 78.7 Å². The van der Waals surface area contributed by atoms with Crippen molar-refractivity contribution in [3.8, 4) is 0 Å². The van der Waals surface area contributed by atoms with E-state index in [4.69, 9.17) is 5.41 Å². The molecule has 6 nitrogen and oxygen atoms in total. The Morgan fingerprint density at radius 1 is 1.05 bits per heavy atom. The topological polar surface area (TPSA) is 80.2 Å². The summed E-state index contributed by atoms with van der Waals surface area (Å²) in [6.45, 7) is 16.6. The molecule has 1 unspecified atom stereocenters. The number of amides is 2. The van der Waals surface area contributed by atoms with Gasteiger partial charge in [0.25, 0.3) is 0 Å². The molecule has 1 saturated heterocycles. The van der Waals surface area contributed by atoms with Gasteiger partial charge in [0.05, 0.1) is 0 Å². The maximum Gasteiger partial charge on any atom is 0.315 e. The lowest BCUT2D eigenvalue weighted by molar-refractivity contribution is 0.168. The predicted molar refractivity (Wildman–Crippen MR) is 161 cm³/mol. The van der Waals surface area contributed by atoms with Crippen LogP contribution in [0.4, 0.5) is 20.6 Å². The zero-order chi connectivity index (χ0) is 28.6. The van der Waals surface area contributed by atoms with Gasteiger partial charge in [-0.2, -0.15) is 0 Å². The standard InChI is InChI=1S/C32H48FN5O/c1-23(2)18-28(24-10-15-29(25(19-24)20-34)36-27-13-11-26(33)12-14-27)31(3,4)21-35-30(39)37-32(5,6)22-38-16-8-7-9-17-38/h10-15,19-20,23,28,34,36H,7-9,16-18,21-22H2,1-6H3,(H2,35,37,39). The van der Waals surface area contributed by atoms with Crippen LogP contribution in [-0.2, 0) is 0 Å². The van der Waals surface area contributed by atoms with E-state index in [1.54, 1.807) is 12.1 Å². The van der Waals surface area contributed by atoms with Crippen molar-refractivity contribution >= 4 is 23.6 Å². The molecule has 2 amide bonds. The smallest absolute Gasteiger partial charge is 0.315 e. The van der Waals surface area contributed by atoms with E-state index in [1.807, 2.05) is 6.07 Å². The molecule has 1 heterocycles. The van der Waals surface area contributed by atoms with Crippen LogP contribution in [0.25, 0.3) is 0 Å². The van der Waals surface area contributed by atoms with Gasteiger partial charge < -0.3 is 26.3 Å². The maximum atomic E-state index is 13.3. The zero-order valence-corrected chi connectivity index (χ0v) is 24.7. The van der Waals surface area contributed by atoms with Gasteiger partial charge in [-0.05, 0) is 105 Å². The van der Waals surface area contributed by atoms with E-state index in [2.05, 4.69) is 74.5 Å². The number of hydrogen-bond acceptors (Lipinski definition) is 4. The van der Waals surface area contributed by atoms with Crippen molar-refractivity contribution in [1.29, 1.82) is 5.41 Å².